The average molecular weight is 265 g/mol. The summed E-state index contributed by atoms with van der Waals surface area (Å²) in [5, 5.41) is 0. The second-order valence-electron chi connectivity index (χ2n) is 6.72. The van der Waals surface area contributed by atoms with Gasteiger partial charge in [-0.25, -0.2) is 0 Å². The second-order valence-corrected chi connectivity index (χ2v) is 6.72. The molecule has 0 aromatic rings. The van der Waals surface area contributed by atoms with Crippen molar-refractivity contribution in [3.63, 3.8) is 0 Å². The highest BCUT2D eigenvalue weighted by Gasteiger charge is 2.38. The minimum atomic E-state index is 0.127. The van der Waals surface area contributed by atoms with E-state index < -0.39 is 0 Å². The summed E-state index contributed by atoms with van der Waals surface area (Å²) in [6, 6.07) is 0. The lowest BCUT2D eigenvalue weighted by molar-refractivity contribution is -0.143. The molecule has 3 nitrogen and oxygen atoms in total. The quantitative estimate of drug-likeness (QED) is 0.767. The highest BCUT2D eigenvalue weighted by atomic mass is 16.5. The molecule has 0 radical (unpaired) electrons. The van der Waals surface area contributed by atoms with Crippen molar-refractivity contribution in [2.45, 2.75) is 69.8 Å². The lowest BCUT2D eigenvalue weighted by atomic mass is 9.84. The first-order chi connectivity index (χ1) is 9.27. The van der Waals surface area contributed by atoms with Gasteiger partial charge in [-0.1, -0.05) is 12.8 Å². The van der Waals surface area contributed by atoms with Crippen molar-refractivity contribution < 1.29 is 9.53 Å². The van der Waals surface area contributed by atoms with Crippen LogP contribution < -0.4 is 0 Å². The Morgan fingerprint density at radius 3 is 2.42 bits per heavy atom. The fourth-order valence-corrected chi connectivity index (χ4v) is 4.06. The third kappa shape index (κ3) is 3.13. The molecule has 2 saturated heterocycles. The number of rotatable bonds is 2. The van der Waals surface area contributed by atoms with E-state index in [0.717, 1.165) is 39.0 Å². The van der Waals surface area contributed by atoms with E-state index in [9.17, 15) is 4.79 Å². The highest BCUT2D eigenvalue weighted by molar-refractivity contribution is 5.76. The number of hydrogen-bond donors (Lipinski definition) is 0. The van der Waals surface area contributed by atoms with E-state index in [1.807, 2.05) is 0 Å². The highest BCUT2D eigenvalue weighted by Crippen LogP contribution is 2.35. The SMILES string of the molecule is O=C(CC1CCCC1)N1CCC2(CCCCO2)CC1. The molecule has 108 valence electrons. The predicted octanol–water partition coefficient (Wildman–Crippen LogP) is 3.13. The molecule has 2 heterocycles. The van der Waals surface area contributed by atoms with Crippen molar-refractivity contribution in [3.05, 3.63) is 0 Å². The Balaban J connectivity index is 1.47. The van der Waals surface area contributed by atoms with Crippen LogP contribution in [0.1, 0.15) is 64.2 Å². The van der Waals surface area contributed by atoms with Crippen molar-refractivity contribution in [1.29, 1.82) is 0 Å². The number of likely N-dealkylation sites (tertiary alicyclic amines) is 1. The van der Waals surface area contributed by atoms with Crippen LogP contribution in [0.2, 0.25) is 0 Å². The zero-order chi connectivity index (χ0) is 13.1. The topological polar surface area (TPSA) is 29.5 Å². The molecule has 0 aromatic carbocycles. The monoisotopic (exact) mass is 265 g/mol. The molecular weight excluding hydrogens is 238 g/mol. The molecule has 3 fully saturated rings. The van der Waals surface area contributed by atoms with E-state index >= 15 is 0 Å². The Labute approximate surface area is 116 Å². The second kappa shape index (κ2) is 5.82. The summed E-state index contributed by atoms with van der Waals surface area (Å²) in [5.74, 6) is 1.08. The molecule has 0 N–H and O–H groups in total. The number of hydrogen-bond acceptors (Lipinski definition) is 2. The molecule has 2 aliphatic heterocycles. The molecule has 1 amide bonds. The van der Waals surface area contributed by atoms with Crippen LogP contribution >= 0.6 is 0 Å². The molecule has 3 rings (SSSR count). The number of ether oxygens (including phenoxy) is 1. The number of amides is 1. The van der Waals surface area contributed by atoms with Crippen LogP contribution in [0.25, 0.3) is 0 Å². The standard InChI is InChI=1S/C16H27NO2/c18-15(13-14-5-1-2-6-14)17-10-8-16(9-11-17)7-3-4-12-19-16/h14H,1-13H2. The Morgan fingerprint density at radius 2 is 1.79 bits per heavy atom. The fraction of sp³-hybridized carbons (Fsp3) is 0.938. The fourth-order valence-electron chi connectivity index (χ4n) is 4.06. The van der Waals surface area contributed by atoms with E-state index in [1.54, 1.807) is 0 Å². The van der Waals surface area contributed by atoms with Gasteiger partial charge >= 0.3 is 0 Å². The Kier molecular flexibility index (Phi) is 4.11. The van der Waals surface area contributed by atoms with E-state index in [-0.39, 0.29) is 5.60 Å². The van der Waals surface area contributed by atoms with Gasteiger partial charge in [-0.3, -0.25) is 4.79 Å². The number of carbonyl (C=O) groups excluding carboxylic acids is 1. The van der Waals surface area contributed by atoms with Gasteiger partial charge in [-0.15, -0.1) is 0 Å². The van der Waals surface area contributed by atoms with Gasteiger partial charge in [0.05, 0.1) is 5.60 Å². The predicted molar refractivity (Wildman–Crippen MR) is 74.9 cm³/mol. The minimum Gasteiger partial charge on any atom is -0.375 e. The molecule has 3 heteroatoms. The van der Waals surface area contributed by atoms with Crippen molar-refractivity contribution >= 4 is 5.91 Å². The molecule has 1 aliphatic carbocycles. The van der Waals surface area contributed by atoms with Crippen molar-refractivity contribution in [1.82, 2.24) is 4.90 Å². The van der Waals surface area contributed by atoms with E-state index in [1.165, 1.54) is 44.9 Å². The van der Waals surface area contributed by atoms with Gasteiger partial charge < -0.3 is 9.64 Å². The van der Waals surface area contributed by atoms with Crippen LogP contribution in [0.4, 0.5) is 0 Å². The van der Waals surface area contributed by atoms with Crippen LogP contribution in [0.5, 0.6) is 0 Å². The van der Waals surface area contributed by atoms with Crippen molar-refractivity contribution in [2.24, 2.45) is 5.92 Å². The molecule has 1 saturated carbocycles. The third-order valence-corrected chi connectivity index (χ3v) is 5.40. The molecule has 3 aliphatic rings. The number of nitrogens with zero attached hydrogens (tertiary/aromatic N) is 1. The smallest absolute Gasteiger partial charge is 0.222 e. The first kappa shape index (κ1) is 13.4. The van der Waals surface area contributed by atoms with E-state index in [0.29, 0.717) is 11.8 Å². The van der Waals surface area contributed by atoms with E-state index in [4.69, 9.17) is 4.74 Å². The van der Waals surface area contributed by atoms with Crippen LogP contribution in [0.3, 0.4) is 0 Å². The van der Waals surface area contributed by atoms with Gasteiger partial charge in [0.2, 0.25) is 5.91 Å². The minimum absolute atomic E-state index is 0.127. The Hall–Kier alpha value is -0.570. The van der Waals surface area contributed by atoms with Crippen molar-refractivity contribution in [2.75, 3.05) is 19.7 Å². The summed E-state index contributed by atoms with van der Waals surface area (Å²) in [6.07, 6.45) is 11.8. The van der Waals surface area contributed by atoms with Gasteiger partial charge in [0.1, 0.15) is 0 Å². The van der Waals surface area contributed by atoms with Gasteiger partial charge in [0.15, 0.2) is 0 Å². The maximum absolute atomic E-state index is 12.3. The zero-order valence-corrected chi connectivity index (χ0v) is 12.0. The lowest BCUT2D eigenvalue weighted by Gasteiger charge is -2.44. The Bertz CT molecular complexity index is 307. The molecular formula is C16H27NO2. The van der Waals surface area contributed by atoms with Crippen LogP contribution in [0.15, 0.2) is 0 Å². The summed E-state index contributed by atoms with van der Waals surface area (Å²) < 4.78 is 6.03. The van der Waals surface area contributed by atoms with Crippen LogP contribution in [-0.2, 0) is 9.53 Å². The summed E-state index contributed by atoms with van der Waals surface area (Å²) >= 11 is 0. The number of piperidine rings is 1. The average Bonchev–Trinajstić information content (AvgIpc) is 2.93. The first-order valence-electron chi connectivity index (χ1n) is 8.19. The normalized spacial score (nSPS) is 27.9. The maximum atomic E-state index is 12.3. The van der Waals surface area contributed by atoms with E-state index in [2.05, 4.69) is 4.90 Å². The molecule has 0 unspecified atom stereocenters. The molecule has 19 heavy (non-hydrogen) atoms. The van der Waals surface area contributed by atoms with Crippen molar-refractivity contribution in [3.8, 4) is 0 Å². The molecule has 0 bridgehead atoms. The molecule has 1 spiro atoms. The molecule has 0 atom stereocenters. The van der Waals surface area contributed by atoms with Gasteiger partial charge in [-0.05, 0) is 50.9 Å². The number of carbonyl (C=O) groups is 1. The largest absolute Gasteiger partial charge is 0.375 e. The lowest BCUT2D eigenvalue weighted by Crippen LogP contribution is -2.49. The zero-order valence-electron chi connectivity index (χ0n) is 12.0. The van der Waals surface area contributed by atoms with Gasteiger partial charge in [0, 0.05) is 26.1 Å². The van der Waals surface area contributed by atoms with Gasteiger partial charge in [0.25, 0.3) is 0 Å². The summed E-state index contributed by atoms with van der Waals surface area (Å²) in [5.41, 5.74) is 0.127. The maximum Gasteiger partial charge on any atom is 0.222 e. The van der Waals surface area contributed by atoms with Crippen LogP contribution in [-0.4, -0.2) is 36.1 Å². The van der Waals surface area contributed by atoms with Gasteiger partial charge in [-0.2, -0.15) is 0 Å². The molecule has 0 aromatic heterocycles. The Morgan fingerprint density at radius 1 is 1.05 bits per heavy atom. The summed E-state index contributed by atoms with van der Waals surface area (Å²) in [6.45, 7) is 2.77. The first-order valence-corrected chi connectivity index (χ1v) is 8.19. The summed E-state index contributed by atoms with van der Waals surface area (Å²) in [4.78, 5) is 14.4. The third-order valence-electron chi connectivity index (χ3n) is 5.40. The summed E-state index contributed by atoms with van der Waals surface area (Å²) in [7, 11) is 0. The van der Waals surface area contributed by atoms with Crippen LogP contribution in [0, 0.1) is 5.92 Å².